The van der Waals surface area contributed by atoms with Crippen molar-refractivity contribution in [1.82, 2.24) is 0 Å². The lowest BCUT2D eigenvalue weighted by Gasteiger charge is -2.07. The molecule has 0 spiro atoms. The third-order valence-corrected chi connectivity index (χ3v) is 4.22. The van der Waals surface area contributed by atoms with Gasteiger partial charge in [0.2, 0.25) is 0 Å². The predicted molar refractivity (Wildman–Crippen MR) is 74.9 cm³/mol. The van der Waals surface area contributed by atoms with Crippen molar-refractivity contribution in [1.29, 1.82) is 0 Å². The van der Waals surface area contributed by atoms with Crippen molar-refractivity contribution in [3.8, 4) is 0 Å². The Kier molecular flexibility index (Phi) is 3.51. The Balaban J connectivity index is 2.05. The van der Waals surface area contributed by atoms with E-state index in [0.29, 0.717) is 0 Å². The van der Waals surface area contributed by atoms with Crippen molar-refractivity contribution in [3.05, 3.63) is 44.6 Å². The van der Waals surface area contributed by atoms with Gasteiger partial charge < -0.3 is 11.1 Å². The molecule has 84 valence electrons. The minimum atomic E-state index is 0.782. The maximum Gasteiger partial charge on any atom is 0.0514 e. The van der Waals surface area contributed by atoms with Crippen molar-refractivity contribution in [2.45, 2.75) is 13.5 Å². The van der Waals surface area contributed by atoms with Crippen LogP contribution < -0.4 is 11.1 Å². The van der Waals surface area contributed by atoms with Crippen LogP contribution in [0.1, 0.15) is 10.4 Å². The van der Waals surface area contributed by atoms with Gasteiger partial charge >= 0.3 is 0 Å². The molecule has 0 aliphatic rings. The van der Waals surface area contributed by atoms with Gasteiger partial charge in [0.05, 0.1) is 6.54 Å². The Bertz CT molecular complexity index is 494. The Morgan fingerprint density at radius 1 is 1.38 bits per heavy atom. The van der Waals surface area contributed by atoms with E-state index < -0.39 is 0 Å². The minimum Gasteiger partial charge on any atom is -0.398 e. The summed E-state index contributed by atoms with van der Waals surface area (Å²) in [5, 5.41) is 5.38. The molecule has 1 aromatic heterocycles. The second kappa shape index (κ2) is 4.89. The molecule has 1 heterocycles. The molecular weight excluding hydrogens is 284 g/mol. The van der Waals surface area contributed by atoms with Gasteiger partial charge in [-0.25, -0.2) is 0 Å². The second-order valence-corrected chi connectivity index (χ2v) is 5.47. The molecule has 1 aromatic carbocycles. The Labute approximate surface area is 108 Å². The summed E-state index contributed by atoms with van der Waals surface area (Å²) < 4.78 is 1.13. The summed E-state index contributed by atoms with van der Waals surface area (Å²) in [4.78, 5) is 1.18. The summed E-state index contributed by atoms with van der Waals surface area (Å²) >= 11 is 5.16. The molecule has 2 nitrogen and oxygen atoms in total. The number of anilines is 2. The molecule has 0 saturated heterocycles. The van der Waals surface area contributed by atoms with Crippen LogP contribution in [0.5, 0.6) is 0 Å². The topological polar surface area (TPSA) is 38.0 Å². The van der Waals surface area contributed by atoms with Crippen LogP contribution in [0.15, 0.2) is 34.1 Å². The zero-order valence-corrected chi connectivity index (χ0v) is 11.4. The van der Waals surface area contributed by atoms with E-state index in [1.54, 1.807) is 11.3 Å². The smallest absolute Gasteiger partial charge is 0.0514 e. The van der Waals surface area contributed by atoms with Gasteiger partial charge in [0.15, 0.2) is 0 Å². The quantitative estimate of drug-likeness (QED) is 0.898. The molecule has 0 aliphatic heterocycles. The SMILES string of the molecule is Cc1cc(NCc2sccc2N)ccc1Br. The molecule has 0 atom stereocenters. The van der Waals surface area contributed by atoms with Crippen molar-refractivity contribution >= 4 is 38.6 Å². The first kappa shape index (κ1) is 11.5. The average Bonchev–Trinajstić information content (AvgIpc) is 2.66. The first-order valence-corrected chi connectivity index (χ1v) is 6.66. The maximum absolute atomic E-state index is 5.82. The van der Waals surface area contributed by atoms with E-state index >= 15 is 0 Å². The monoisotopic (exact) mass is 296 g/mol. The predicted octanol–water partition coefficient (Wildman–Crippen LogP) is 4.01. The number of aryl methyl sites for hydroxylation is 1. The number of hydrogen-bond donors (Lipinski definition) is 2. The highest BCUT2D eigenvalue weighted by Gasteiger charge is 2.01. The molecular formula is C12H13BrN2S. The van der Waals surface area contributed by atoms with Crippen LogP contribution >= 0.6 is 27.3 Å². The first-order chi connectivity index (χ1) is 7.66. The number of nitrogens with two attached hydrogens (primary N) is 1. The van der Waals surface area contributed by atoms with Gasteiger partial charge in [0.25, 0.3) is 0 Å². The van der Waals surface area contributed by atoms with E-state index in [1.807, 2.05) is 11.4 Å². The summed E-state index contributed by atoms with van der Waals surface area (Å²) in [6.07, 6.45) is 0. The van der Waals surface area contributed by atoms with Crippen LogP contribution in [-0.2, 0) is 6.54 Å². The molecule has 3 N–H and O–H groups in total. The molecule has 0 radical (unpaired) electrons. The number of nitrogen functional groups attached to an aromatic ring is 1. The molecule has 0 aliphatic carbocycles. The number of thiophene rings is 1. The number of benzene rings is 1. The van der Waals surface area contributed by atoms with Gasteiger partial charge in [-0.1, -0.05) is 15.9 Å². The fourth-order valence-corrected chi connectivity index (χ4v) is 2.42. The summed E-state index contributed by atoms with van der Waals surface area (Å²) in [7, 11) is 0. The highest BCUT2D eigenvalue weighted by atomic mass is 79.9. The van der Waals surface area contributed by atoms with Crippen LogP contribution in [0.4, 0.5) is 11.4 Å². The van der Waals surface area contributed by atoms with E-state index in [2.05, 4.69) is 46.4 Å². The van der Waals surface area contributed by atoms with E-state index in [9.17, 15) is 0 Å². The van der Waals surface area contributed by atoms with Crippen LogP contribution in [0.2, 0.25) is 0 Å². The highest BCUT2D eigenvalue weighted by Crippen LogP contribution is 2.23. The third-order valence-electron chi connectivity index (χ3n) is 2.39. The van der Waals surface area contributed by atoms with E-state index in [1.165, 1.54) is 10.4 Å². The molecule has 0 saturated carbocycles. The van der Waals surface area contributed by atoms with Gasteiger partial charge in [0, 0.05) is 20.7 Å². The van der Waals surface area contributed by atoms with Crippen molar-refractivity contribution in [2.75, 3.05) is 11.1 Å². The van der Waals surface area contributed by atoms with Gasteiger partial charge in [-0.2, -0.15) is 0 Å². The fourth-order valence-electron chi connectivity index (χ4n) is 1.43. The fraction of sp³-hybridized carbons (Fsp3) is 0.167. The highest BCUT2D eigenvalue weighted by molar-refractivity contribution is 9.10. The van der Waals surface area contributed by atoms with Crippen molar-refractivity contribution in [2.24, 2.45) is 0 Å². The Morgan fingerprint density at radius 3 is 2.81 bits per heavy atom. The van der Waals surface area contributed by atoms with Gasteiger partial charge in [0.1, 0.15) is 0 Å². The van der Waals surface area contributed by atoms with Crippen LogP contribution in [0, 0.1) is 6.92 Å². The Morgan fingerprint density at radius 2 is 2.19 bits per heavy atom. The molecule has 16 heavy (non-hydrogen) atoms. The zero-order valence-electron chi connectivity index (χ0n) is 8.96. The largest absolute Gasteiger partial charge is 0.398 e. The van der Waals surface area contributed by atoms with Crippen molar-refractivity contribution < 1.29 is 0 Å². The third kappa shape index (κ3) is 2.57. The van der Waals surface area contributed by atoms with Gasteiger partial charge in [-0.05, 0) is 42.1 Å². The number of nitrogens with one attached hydrogen (secondary N) is 1. The summed E-state index contributed by atoms with van der Waals surface area (Å²) in [5.41, 5.74) is 9.03. The first-order valence-electron chi connectivity index (χ1n) is 4.98. The van der Waals surface area contributed by atoms with Crippen LogP contribution in [0.25, 0.3) is 0 Å². The molecule has 2 rings (SSSR count). The average molecular weight is 297 g/mol. The molecule has 2 aromatic rings. The molecule has 0 amide bonds. The number of halogens is 1. The van der Waals surface area contributed by atoms with Crippen LogP contribution in [-0.4, -0.2) is 0 Å². The second-order valence-electron chi connectivity index (χ2n) is 3.62. The van der Waals surface area contributed by atoms with E-state index in [4.69, 9.17) is 5.73 Å². The lowest BCUT2D eigenvalue weighted by molar-refractivity contribution is 1.19. The Hall–Kier alpha value is -1.00. The maximum atomic E-state index is 5.82. The lowest BCUT2D eigenvalue weighted by Crippen LogP contribution is -2.00. The summed E-state index contributed by atoms with van der Waals surface area (Å²) in [6.45, 7) is 2.86. The number of rotatable bonds is 3. The minimum absolute atomic E-state index is 0.782. The van der Waals surface area contributed by atoms with Crippen LogP contribution in [0.3, 0.4) is 0 Å². The molecule has 0 fully saturated rings. The van der Waals surface area contributed by atoms with Crippen molar-refractivity contribution in [3.63, 3.8) is 0 Å². The summed E-state index contributed by atoms with van der Waals surface area (Å²) in [6, 6.07) is 8.17. The normalized spacial score (nSPS) is 10.4. The standard InChI is InChI=1S/C12H13BrN2S/c1-8-6-9(2-3-10(8)13)15-7-12-11(14)4-5-16-12/h2-6,15H,7,14H2,1H3. The van der Waals surface area contributed by atoms with Gasteiger partial charge in [-0.15, -0.1) is 11.3 Å². The zero-order chi connectivity index (χ0) is 11.5. The molecule has 4 heteroatoms. The van der Waals surface area contributed by atoms with E-state index in [-0.39, 0.29) is 0 Å². The summed E-state index contributed by atoms with van der Waals surface area (Å²) in [5.74, 6) is 0. The van der Waals surface area contributed by atoms with E-state index in [0.717, 1.165) is 22.4 Å². The molecule has 0 bridgehead atoms. The lowest BCUT2D eigenvalue weighted by atomic mass is 10.2. The van der Waals surface area contributed by atoms with Gasteiger partial charge in [-0.3, -0.25) is 0 Å². The molecule has 0 unspecified atom stereocenters. The number of hydrogen-bond acceptors (Lipinski definition) is 3.